The number of carbonyl (C=O) groups excluding carboxylic acids is 2. The first kappa shape index (κ1) is 24.2. The summed E-state index contributed by atoms with van der Waals surface area (Å²) in [6.07, 6.45) is 4.56. The van der Waals surface area contributed by atoms with E-state index in [4.69, 9.17) is 11.3 Å². The predicted octanol–water partition coefficient (Wildman–Crippen LogP) is 2.69. The van der Waals surface area contributed by atoms with Crippen LogP contribution in [0.25, 0.3) is 0 Å². The van der Waals surface area contributed by atoms with Crippen LogP contribution in [0, 0.1) is 12.3 Å². The Balaban J connectivity index is 1.63. The van der Waals surface area contributed by atoms with Gasteiger partial charge in [0.1, 0.15) is 22.8 Å². The van der Waals surface area contributed by atoms with Crippen LogP contribution in [0.5, 0.6) is 0 Å². The number of terminal acetylenes is 1. The maximum absolute atomic E-state index is 12.7. The van der Waals surface area contributed by atoms with E-state index in [1.165, 1.54) is 18.5 Å². The lowest BCUT2D eigenvalue weighted by Crippen LogP contribution is -2.39. The van der Waals surface area contributed by atoms with Crippen LogP contribution < -0.4 is 10.6 Å². The maximum Gasteiger partial charge on any atom is 0.433 e. The molecule has 3 heterocycles. The van der Waals surface area contributed by atoms with Gasteiger partial charge in [-0.25, -0.2) is 4.98 Å². The predicted molar refractivity (Wildman–Crippen MR) is 114 cm³/mol. The van der Waals surface area contributed by atoms with Crippen LogP contribution in [0.4, 0.5) is 19.0 Å². The summed E-state index contributed by atoms with van der Waals surface area (Å²) >= 11 is 0. The molecule has 0 saturated heterocycles. The van der Waals surface area contributed by atoms with E-state index in [1.807, 2.05) is 0 Å². The number of nitrogens with zero attached hydrogens (tertiary/aromatic N) is 3. The molecule has 1 aliphatic heterocycles. The van der Waals surface area contributed by atoms with Crippen molar-refractivity contribution in [3.63, 3.8) is 0 Å². The fraction of sp³-hybridized carbons (Fsp3) is 0.227. The molecule has 12 heteroatoms. The first-order valence-electron chi connectivity index (χ1n) is 9.78. The molecule has 0 aliphatic carbocycles. The van der Waals surface area contributed by atoms with E-state index < -0.39 is 41.1 Å². The van der Waals surface area contributed by atoms with Crippen LogP contribution in [0.2, 0.25) is 0 Å². The minimum Gasteiger partial charge on any atom is -0.511 e. The molecule has 2 aromatic heterocycles. The van der Waals surface area contributed by atoms with Crippen LogP contribution in [0.3, 0.4) is 0 Å². The molecule has 3 N–H and O–H groups in total. The first-order valence-corrected chi connectivity index (χ1v) is 9.78. The van der Waals surface area contributed by atoms with E-state index in [-0.39, 0.29) is 24.4 Å². The second-order valence-corrected chi connectivity index (χ2v) is 7.00. The average Bonchev–Trinajstić information content (AvgIpc) is 2.79. The maximum atomic E-state index is 12.7. The van der Waals surface area contributed by atoms with Crippen molar-refractivity contribution in [2.24, 2.45) is 5.16 Å². The van der Waals surface area contributed by atoms with Crippen LogP contribution in [-0.4, -0.2) is 39.7 Å². The number of oxime groups is 1. The van der Waals surface area contributed by atoms with Gasteiger partial charge in [-0.3, -0.25) is 14.6 Å². The van der Waals surface area contributed by atoms with Gasteiger partial charge in [0.05, 0.1) is 6.04 Å². The molecule has 0 saturated carbocycles. The SMILES string of the molecule is C#CCON=CCc1ccc(NC(=O)C2=C(O)C[C@@H](c3ccc(C(F)(F)F)nc3)NC2=O)nc1. The largest absolute Gasteiger partial charge is 0.511 e. The number of nitrogens with one attached hydrogen (secondary N) is 2. The highest BCUT2D eigenvalue weighted by Crippen LogP contribution is 2.30. The number of aliphatic hydroxyl groups is 1. The summed E-state index contributed by atoms with van der Waals surface area (Å²) in [5.41, 5.74) is -0.588. The van der Waals surface area contributed by atoms with E-state index in [2.05, 4.69) is 31.7 Å². The lowest BCUT2D eigenvalue weighted by Gasteiger charge is -2.25. The number of amides is 2. The van der Waals surface area contributed by atoms with E-state index in [1.54, 1.807) is 6.07 Å². The van der Waals surface area contributed by atoms with E-state index in [0.717, 1.165) is 23.9 Å². The van der Waals surface area contributed by atoms with Crippen molar-refractivity contribution >= 4 is 23.8 Å². The molecule has 0 aromatic carbocycles. The molecule has 34 heavy (non-hydrogen) atoms. The quantitative estimate of drug-likeness (QED) is 0.187. The molecule has 2 aromatic rings. The molecule has 0 unspecified atom stereocenters. The fourth-order valence-electron chi connectivity index (χ4n) is 2.99. The Kier molecular flexibility index (Phi) is 7.47. The van der Waals surface area contributed by atoms with Crippen LogP contribution >= 0.6 is 0 Å². The highest BCUT2D eigenvalue weighted by Gasteiger charge is 2.34. The molecular formula is C22H18F3N5O4. The highest BCUT2D eigenvalue weighted by molar-refractivity contribution is 6.23. The normalized spacial score (nSPS) is 16.2. The lowest BCUT2D eigenvalue weighted by molar-refractivity contribution is -0.141. The molecule has 0 bridgehead atoms. The summed E-state index contributed by atoms with van der Waals surface area (Å²) in [6, 6.07) is 4.24. The third-order valence-electron chi connectivity index (χ3n) is 4.61. The van der Waals surface area contributed by atoms with E-state index in [9.17, 15) is 27.9 Å². The Hall–Kier alpha value is -4.40. The molecule has 3 rings (SSSR count). The Morgan fingerprint density at radius 1 is 1.32 bits per heavy atom. The number of halogens is 3. The smallest absolute Gasteiger partial charge is 0.433 e. The van der Waals surface area contributed by atoms with Crippen LogP contribution in [0.15, 0.2) is 53.1 Å². The molecular weight excluding hydrogens is 455 g/mol. The standard InChI is InChI=1S/C22H18F3N5O4/c1-2-9-34-28-8-7-13-3-6-18(27-11-13)30-21(33)19-16(31)10-15(29-20(19)32)14-4-5-17(26-12-14)22(23,24)25/h1,3-6,8,11-12,15,31H,7,9-10H2,(H,29,32)(H,27,30,33)/t15-/m0/s1. The van der Waals surface area contributed by atoms with Crippen LogP contribution in [0.1, 0.15) is 29.3 Å². The van der Waals surface area contributed by atoms with Crippen molar-refractivity contribution in [2.75, 3.05) is 11.9 Å². The number of alkyl halides is 3. The zero-order valence-corrected chi connectivity index (χ0v) is 17.5. The lowest BCUT2D eigenvalue weighted by atomic mass is 9.96. The Morgan fingerprint density at radius 2 is 2.12 bits per heavy atom. The van der Waals surface area contributed by atoms with Gasteiger partial charge in [0, 0.05) is 31.4 Å². The average molecular weight is 473 g/mol. The summed E-state index contributed by atoms with van der Waals surface area (Å²) in [4.78, 5) is 37.1. The van der Waals surface area contributed by atoms with Crippen LogP contribution in [-0.2, 0) is 27.0 Å². The number of hydrogen-bond donors (Lipinski definition) is 3. The van der Waals surface area contributed by atoms with Gasteiger partial charge >= 0.3 is 6.18 Å². The van der Waals surface area contributed by atoms with Crippen molar-refractivity contribution in [3.8, 4) is 12.3 Å². The minimum absolute atomic E-state index is 0.0535. The Bertz CT molecular complexity index is 1150. The Labute approximate surface area is 191 Å². The van der Waals surface area contributed by atoms with Gasteiger partial charge in [0.25, 0.3) is 11.8 Å². The van der Waals surface area contributed by atoms with E-state index in [0.29, 0.717) is 6.42 Å². The topological polar surface area (TPSA) is 126 Å². The highest BCUT2D eigenvalue weighted by atomic mass is 19.4. The number of rotatable bonds is 7. The molecule has 1 atom stereocenters. The number of pyridine rings is 2. The van der Waals surface area contributed by atoms with Crippen molar-refractivity contribution in [2.45, 2.75) is 25.1 Å². The summed E-state index contributed by atoms with van der Waals surface area (Å²) in [5, 5.41) is 18.9. The monoisotopic (exact) mass is 473 g/mol. The molecule has 9 nitrogen and oxygen atoms in total. The van der Waals surface area contributed by atoms with Gasteiger partial charge in [-0.1, -0.05) is 23.2 Å². The third kappa shape index (κ3) is 6.10. The van der Waals surface area contributed by atoms with Gasteiger partial charge < -0.3 is 20.6 Å². The minimum atomic E-state index is -4.60. The molecule has 0 radical (unpaired) electrons. The number of anilines is 1. The van der Waals surface area contributed by atoms with Gasteiger partial charge in [-0.15, -0.1) is 6.42 Å². The van der Waals surface area contributed by atoms with Crippen molar-refractivity contribution in [3.05, 3.63) is 64.8 Å². The van der Waals surface area contributed by atoms with Gasteiger partial charge in [-0.2, -0.15) is 13.2 Å². The van der Waals surface area contributed by atoms with Gasteiger partial charge in [-0.05, 0) is 23.3 Å². The summed E-state index contributed by atoms with van der Waals surface area (Å²) < 4.78 is 38.0. The number of aromatic nitrogens is 2. The second kappa shape index (κ2) is 10.5. The van der Waals surface area contributed by atoms with E-state index >= 15 is 0 Å². The van der Waals surface area contributed by atoms with Gasteiger partial charge in [0.2, 0.25) is 0 Å². The fourth-order valence-corrected chi connectivity index (χ4v) is 2.99. The molecule has 0 spiro atoms. The zero-order valence-electron chi connectivity index (χ0n) is 17.5. The first-order chi connectivity index (χ1) is 16.2. The third-order valence-corrected chi connectivity index (χ3v) is 4.61. The number of aliphatic hydroxyl groups excluding tert-OH is 1. The molecule has 0 fully saturated rings. The van der Waals surface area contributed by atoms with Crippen molar-refractivity contribution < 1.29 is 32.7 Å². The van der Waals surface area contributed by atoms with Crippen molar-refractivity contribution in [1.82, 2.24) is 15.3 Å². The summed E-state index contributed by atoms with van der Waals surface area (Å²) in [5.74, 6) is 0.122. The Morgan fingerprint density at radius 3 is 2.71 bits per heavy atom. The molecule has 176 valence electrons. The number of carbonyl (C=O) groups is 2. The molecule has 1 aliphatic rings. The second-order valence-electron chi connectivity index (χ2n) is 7.00. The molecule has 2 amide bonds. The zero-order chi connectivity index (χ0) is 24.7. The number of hydrogen-bond acceptors (Lipinski definition) is 7. The van der Waals surface area contributed by atoms with Gasteiger partial charge in [0.15, 0.2) is 6.61 Å². The summed E-state index contributed by atoms with van der Waals surface area (Å²) in [6.45, 7) is 0.0535. The summed E-state index contributed by atoms with van der Waals surface area (Å²) in [7, 11) is 0. The van der Waals surface area contributed by atoms with Crippen molar-refractivity contribution in [1.29, 1.82) is 0 Å².